The van der Waals surface area contributed by atoms with E-state index in [0.29, 0.717) is 22.4 Å². The lowest BCUT2D eigenvalue weighted by atomic mass is 10.0. The van der Waals surface area contributed by atoms with E-state index in [4.69, 9.17) is 4.74 Å². The number of thioether (sulfide) groups is 1. The van der Waals surface area contributed by atoms with Crippen LogP contribution in [0.25, 0.3) is 22.5 Å². The van der Waals surface area contributed by atoms with Gasteiger partial charge in [0.05, 0.1) is 0 Å². The van der Waals surface area contributed by atoms with Crippen molar-refractivity contribution < 1.29 is 4.74 Å². The van der Waals surface area contributed by atoms with Crippen LogP contribution in [0.3, 0.4) is 0 Å². The second-order valence-electron chi connectivity index (χ2n) is 7.15. The van der Waals surface area contributed by atoms with Crippen LogP contribution in [0.4, 0.5) is 0 Å². The lowest BCUT2D eigenvalue weighted by molar-refractivity contribution is 0.268. The first-order valence-electron chi connectivity index (χ1n) is 10.4. The van der Waals surface area contributed by atoms with Crippen LogP contribution in [0.2, 0.25) is 0 Å². The summed E-state index contributed by atoms with van der Waals surface area (Å²) in [5.41, 5.74) is 4.52. The van der Waals surface area contributed by atoms with Gasteiger partial charge in [-0.15, -0.1) is 10.2 Å². The van der Waals surface area contributed by atoms with Crippen molar-refractivity contribution in [3.8, 4) is 28.5 Å². The largest absolute Gasteiger partial charge is 0.454 e. The fourth-order valence-electron chi connectivity index (χ4n) is 3.22. The van der Waals surface area contributed by atoms with Gasteiger partial charge in [-0.2, -0.15) is 4.98 Å². The lowest BCUT2D eigenvalue weighted by Gasteiger charge is -2.09. The third-order valence-corrected chi connectivity index (χ3v) is 5.74. The predicted molar refractivity (Wildman–Crippen MR) is 127 cm³/mol. The first kappa shape index (κ1) is 20.8. The molecule has 0 unspecified atom stereocenters. The second kappa shape index (κ2) is 10.1. The highest BCUT2D eigenvalue weighted by Gasteiger charge is 2.14. The summed E-state index contributed by atoms with van der Waals surface area (Å²) in [6.45, 7) is 0.166. The van der Waals surface area contributed by atoms with Crippen molar-refractivity contribution in [1.29, 1.82) is 0 Å². The Bertz CT molecular complexity index is 1310. The highest BCUT2D eigenvalue weighted by atomic mass is 32.2. The quantitative estimate of drug-likeness (QED) is 0.324. The van der Waals surface area contributed by atoms with Gasteiger partial charge < -0.3 is 4.74 Å². The van der Waals surface area contributed by atoms with Crippen molar-refractivity contribution in [1.82, 2.24) is 30.4 Å². The molecule has 5 aromatic rings. The van der Waals surface area contributed by atoms with Crippen molar-refractivity contribution >= 4 is 11.8 Å². The summed E-state index contributed by atoms with van der Waals surface area (Å²) in [5.74, 6) is 1.40. The van der Waals surface area contributed by atoms with Gasteiger partial charge in [0.15, 0.2) is 12.4 Å². The molecule has 0 amide bonds. The summed E-state index contributed by atoms with van der Waals surface area (Å²) in [5, 5.41) is 16.4. The number of aromatic nitrogens is 6. The smallest absolute Gasteiger partial charge is 0.336 e. The zero-order chi connectivity index (χ0) is 22.3. The van der Waals surface area contributed by atoms with Crippen LogP contribution in [0.15, 0.2) is 96.2 Å². The highest BCUT2D eigenvalue weighted by Crippen LogP contribution is 2.29. The maximum atomic E-state index is 5.79. The minimum atomic E-state index is 0.166. The molecule has 0 aliphatic carbocycles. The molecule has 0 spiro atoms. The fraction of sp³-hybridized carbons (Fsp3) is 0.0800. The highest BCUT2D eigenvalue weighted by molar-refractivity contribution is 7.98. The maximum Gasteiger partial charge on any atom is 0.336 e. The summed E-state index contributed by atoms with van der Waals surface area (Å²) in [7, 11) is 0. The van der Waals surface area contributed by atoms with Crippen LogP contribution in [0.1, 0.15) is 11.4 Å². The Labute approximate surface area is 195 Å². The van der Waals surface area contributed by atoms with Gasteiger partial charge in [0.25, 0.3) is 0 Å². The number of rotatable bonds is 8. The molecule has 0 aliphatic heterocycles. The number of benzene rings is 3. The van der Waals surface area contributed by atoms with Crippen molar-refractivity contribution in [3.63, 3.8) is 0 Å². The molecular weight excluding hydrogens is 432 g/mol. The van der Waals surface area contributed by atoms with Gasteiger partial charge in [-0.3, -0.25) is 5.10 Å². The van der Waals surface area contributed by atoms with Crippen LogP contribution in [0.5, 0.6) is 6.01 Å². The summed E-state index contributed by atoms with van der Waals surface area (Å²) >= 11 is 1.56. The van der Waals surface area contributed by atoms with Crippen LogP contribution in [-0.4, -0.2) is 30.4 Å². The van der Waals surface area contributed by atoms with Gasteiger partial charge >= 0.3 is 6.01 Å². The van der Waals surface area contributed by atoms with Crippen molar-refractivity contribution in [2.75, 3.05) is 0 Å². The van der Waals surface area contributed by atoms with Gasteiger partial charge in [0.1, 0.15) is 11.4 Å². The minimum Gasteiger partial charge on any atom is -0.454 e. The molecule has 2 aromatic heterocycles. The number of aromatic amines is 1. The number of ether oxygens (including phenoxy) is 1. The van der Waals surface area contributed by atoms with Gasteiger partial charge in [-0.25, -0.2) is 4.98 Å². The summed E-state index contributed by atoms with van der Waals surface area (Å²) < 4.78 is 5.79. The number of nitrogens with one attached hydrogen (secondary N) is 1. The molecule has 0 saturated heterocycles. The van der Waals surface area contributed by atoms with Crippen LogP contribution in [-0.2, 0) is 12.4 Å². The van der Waals surface area contributed by atoms with E-state index in [1.165, 1.54) is 5.56 Å². The van der Waals surface area contributed by atoms with Crippen LogP contribution >= 0.6 is 11.8 Å². The second-order valence-corrected chi connectivity index (χ2v) is 8.09. The number of hydrogen-bond acceptors (Lipinski definition) is 7. The molecular formula is C25H20N6OS. The van der Waals surface area contributed by atoms with Gasteiger partial charge in [0.2, 0.25) is 5.16 Å². The van der Waals surface area contributed by atoms with Gasteiger partial charge in [-0.05, 0) is 5.56 Å². The summed E-state index contributed by atoms with van der Waals surface area (Å²) in [4.78, 5) is 9.14. The van der Waals surface area contributed by atoms with E-state index in [0.717, 1.165) is 16.9 Å². The molecule has 7 nitrogen and oxygen atoms in total. The normalized spacial score (nSPS) is 10.8. The Balaban J connectivity index is 1.31. The third kappa shape index (κ3) is 5.24. The topological polar surface area (TPSA) is 89.5 Å². The monoisotopic (exact) mass is 452 g/mol. The predicted octanol–water partition coefficient (Wildman–Crippen LogP) is 5.20. The Hall–Kier alpha value is -4.04. The Morgan fingerprint density at radius 3 is 2.03 bits per heavy atom. The average Bonchev–Trinajstić information content (AvgIpc) is 3.36. The van der Waals surface area contributed by atoms with Gasteiger partial charge in [-0.1, -0.05) is 108 Å². The first-order chi connectivity index (χ1) is 16.3. The maximum absolute atomic E-state index is 5.79. The average molecular weight is 453 g/mol. The summed E-state index contributed by atoms with van der Waals surface area (Å²) in [6, 6.07) is 30.2. The number of nitrogens with zero attached hydrogens (tertiary/aromatic N) is 5. The zero-order valence-electron chi connectivity index (χ0n) is 17.6. The molecule has 0 saturated carbocycles. The van der Waals surface area contributed by atoms with E-state index in [1.54, 1.807) is 11.8 Å². The number of H-pyrrole nitrogens is 1. The minimum absolute atomic E-state index is 0.166. The number of hydrogen-bond donors (Lipinski definition) is 1. The summed E-state index contributed by atoms with van der Waals surface area (Å²) in [6.07, 6.45) is 0. The van der Waals surface area contributed by atoms with E-state index in [9.17, 15) is 0 Å². The Morgan fingerprint density at radius 1 is 0.697 bits per heavy atom. The standard InChI is InChI=1S/C25H20N6OS/c1-4-10-18(11-5-1)17-33-25-26-21(28-31-25)16-32-24-27-22(19-12-6-2-7-13-19)23(29-30-24)20-14-8-3-9-15-20/h1-15H,16-17H2,(H,26,28,31). The molecule has 2 heterocycles. The molecule has 0 atom stereocenters. The molecule has 33 heavy (non-hydrogen) atoms. The van der Waals surface area contributed by atoms with Crippen molar-refractivity contribution in [2.45, 2.75) is 17.5 Å². The Kier molecular flexibility index (Phi) is 6.35. The van der Waals surface area contributed by atoms with E-state index in [1.807, 2.05) is 78.9 Å². The Morgan fingerprint density at radius 2 is 1.33 bits per heavy atom. The van der Waals surface area contributed by atoms with Crippen molar-refractivity contribution in [3.05, 3.63) is 102 Å². The van der Waals surface area contributed by atoms with Crippen molar-refractivity contribution in [2.24, 2.45) is 0 Å². The van der Waals surface area contributed by atoms with E-state index >= 15 is 0 Å². The molecule has 0 fully saturated rings. The first-order valence-corrected chi connectivity index (χ1v) is 11.4. The molecule has 5 rings (SSSR count). The van der Waals surface area contributed by atoms with Crippen LogP contribution in [0, 0.1) is 0 Å². The van der Waals surface area contributed by atoms with Gasteiger partial charge in [0, 0.05) is 16.9 Å². The third-order valence-electron chi connectivity index (χ3n) is 4.82. The molecule has 3 aromatic carbocycles. The van der Waals surface area contributed by atoms with E-state index in [-0.39, 0.29) is 12.6 Å². The van der Waals surface area contributed by atoms with E-state index in [2.05, 4.69) is 42.5 Å². The van der Waals surface area contributed by atoms with Crippen LogP contribution < -0.4 is 4.74 Å². The molecule has 0 bridgehead atoms. The zero-order valence-corrected chi connectivity index (χ0v) is 18.4. The molecule has 0 aliphatic rings. The van der Waals surface area contributed by atoms with E-state index < -0.39 is 0 Å². The molecule has 1 N–H and O–H groups in total. The molecule has 0 radical (unpaired) electrons. The lowest BCUT2D eigenvalue weighted by Crippen LogP contribution is -2.05. The molecule has 8 heteroatoms. The molecule has 162 valence electrons. The SMILES string of the molecule is c1ccc(CSc2n[nH]c(COc3nnc(-c4ccccc4)c(-c4ccccc4)n3)n2)cc1. The fourth-order valence-corrected chi connectivity index (χ4v) is 4.00.